The van der Waals surface area contributed by atoms with Crippen LogP contribution in [-0.2, 0) is 6.54 Å². The van der Waals surface area contributed by atoms with Crippen molar-refractivity contribution < 1.29 is 0 Å². The molecule has 2 heterocycles. The lowest BCUT2D eigenvalue weighted by Gasteiger charge is -2.18. The zero-order chi connectivity index (χ0) is 22.3. The zero-order valence-electron chi connectivity index (χ0n) is 18.6. The van der Waals surface area contributed by atoms with Crippen molar-refractivity contribution in [3.8, 4) is 22.5 Å². The first-order valence-corrected chi connectivity index (χ1v) is 11.2. The van der Waals surface area contributed by atoms with Gasteiger partial charge in [-0.2, -0.15) is 10.3 Å². The predicted molar refractivity (Wildman–Crippen MR) is 125 cm³/mol. The highest BCUT2D eigenvalue weighted by molar-refractivity contribution is 5.80. The smallest absolute Gasteiger partial charge is 0.205 e. The molecule has 8 nitrogen and oxygen atoms in total. The topological polar surface area (TPSA) is 111 Å². The van der Waals surface area contributed by atoms with Crippen molar-refractivity contribution in [2.24, 2.45) is 11.7 Å². The molecule has 8 heteroatoms. The molecular weight excluding hydrogens is 400 g/mol. The summed E-state index contributed by atoms with van der Waals surface area (Å²) in [5, 5.41) is 19.0. The zero-order valence-corrected chi connectivity index (χ0v) is 18.6. The summed E-state index contributed by atoms with van der Waals surface area (Å²) in [4.78, 5) is 4.59. The van der Waals surface area contributed by atoms with Crippen molar-refractivity contribution in [2.45, 2.75) is 45.6 Å². The molecule has 32 heavy (non-hydrogen) atoms. The largest absolute Gasteiger partial charge is 0.330 e. The number of rotatable bonds is 10. The molecule has 0 fully saturated rings. The predicted octanol–water partition coefficient (Wildman–Crippen LogP) is 4.04. The molecule has 3 N–H and O–H groups in total. The Morgan fingerprint density at radius 3 is 2.44 bits per heavy atom. The summed E-state index contributed by atoms with van der Waals surface area (Å²) in [5.41, 5.74) is 10.2. The van der Waals surface area contributed by atoms with E-state index in [0.29, 0.717) is 30.7 Å². The Morgan fingerprint density at radius 1 is 0.969 bits per heavy atom. The summed E-state index contributed by atoms with van der Waals surface area (Å²) < 4.78 is 2.02. The molecule has 1 atom stereocenters. The average Bonchev–Trinajstić information content (AvgIpc) is 3.50. The third kappa shape index (κ3) is 5.08. The number of tetrazole rings is 1. The highest BCUT2D eigenvalue weighted by Gasteiger charge is 2.18. The van der Waals surface area contributed by atoms with Crippen LogP contribution in [0.2, 0.25) is 0 Å². The van der Waals surface area contributed by atoms with Gasteiger partial charge in [-0.15, -0.1) is 10.2 Å². The molecule has 166 valence electrons. The fourth-order valence-corrected chi connectivity index (χ4v) is 4.02. The van der Waals surface area contributed by atoms with E-state index in [1.165, 1.54) is 5.56 Å². The number of aromatic amines is 1. The van der Waals surface area contributed by atoms with Gasteiger partial charge in [0.05, 0.1) is 6.54 Å². The van der Waals surface area contributed by atoms with Crippen LogP contribution in [0.25, 0.3) is 22.5 Å². The van der Waals surface area contributed by atoms with E-state index < -0.39 is 0 Å². The van der Waals surface area contributed by atoms with Crippen LogP contribution in [-0.4, -0.2) is 41.9 Å². The van der Waals surface area contributed by atoms with Gasteiger partial charge in [0.2, 0.25) is 5.82 Å². The van der Waals surface area contributed by atoms with Gasteiger partial charge in [0.25, 0.3) is 0 Å². The van der Waals surface area contributed by atoms with Gasteiger partial charge in [0.1, 0.15) is 12.2 Å². The Balaban J connectivity index is 1.53. The second kappa shape index (κ2) is 10.3. The minimum absolute atomic E-state index is 0.339. The summed E-state index contributed by atoms with van der Waals surface area (Å²) in [7, 11) is 0. The van der Waals surface area contributed by atoms with Crippen LogP contribution >= 0.6 is 0 Å². The van der Waals surface area contributed by atoms with Crippen LogP contribution in [0, 0.1) is 5.92 Å². The molecule has 0 radical (unpaired) electrons. The fraction of sp³-hybridized carbons (Fsp3) is 0.375. The standard InChI is InChI=1S/C24H30N8/c1-17(2)7-10-20(13-14-25)24-26-16-27-32(24)15-18-8-11-19(12-9-18)21-5-3-4-6-22(21)23-28-30-31-29-23/h3-6,8-9,11-12,16-17,20H,7,10,13-15,25H2,1-2H3,(H,28,29,30,31). The van der Waals surface area contributed by atoms with E-state index in [9.17, 15) is 0 Å². The third-order valence-corrected chi connectivity index (χ3v) is 5.73. The second-order valence-electron chi connectivity index (χ2n) is 8.50. The van der Waals surface area contributed by atoms with E-state index in [0.717, 1.165) is 41.8 Å². The van der Waals surface area contributed by atoms with Crippen molar-refractivity contribution in [3.05, 3.63) is 66.2 Å². The molecule has 0 aliphatic heterocycles. The lowest BCUT2D eigenvalue weighted by Crippen LogP contribution is -2.15. The lowest BCUT2D eigenvalue weighted by atomic mass is 9.94. The molecule has 4 aromatic rings. The minimum atomic E-state index is 0.339. The Bertz CT molecular complexity index is 1100. The molecule has 0 spiro atoms. The normalized spacial score (nSPS) is 12.4. The van der Waals surface area contributed by atoms with E-state index in [4.69, 9.17) is 5.73 Å². The van der Waals surface area contributed by atoms with Gasteiger partial charge in [-0.05, 0) is 47.2 Å². The maximum atomic E-state index is 5.89. The third-order valence-electron chi connectivity index (χ3n) is 5.73. The highest BCUT2D eigenvalue weighted by atomic mass is 15.5. The number of nitrogens with one attached hydrogen (secondary N) is 1. The van der Waals surface area contributed by atoms with Gasteiger partial charge < -0.3 is 5.73 Å². The number of benzene rings is 2. The van der Waals surface area contributed by atoms with Crippen LogP contribution in [0.15, 0.2) is 54.9 Å². The van der Waals surface area contributed by atoms with Crippen LogP contribution in [0.5, 0.6) is 0 Å². The highest BCUT2D eigenvalue weighted by Crippen LogP contribution is 2.30. The summed E-state index contributed by atoms with van der Waals surface area (Å²) in [6.07, 6.45) is 4.83. The van der Waals surface area contributed by atoms with Gasteiger partial charge in [-0.1, -0.05) is 68.8 Å². The number of aromatic nitrogens is 7. The Labute approximate surface area is 188 Å². The number of nitrogens with zero attached hydrogens (tertiary/aromatic N) is 6. The van der Waals surface area contributed by atoms with Crippen molar-refractivity contribution in [1.82, 2.24) is 35.4 Å². The molecule has 4 rings (SSSR count). The monoisotopic (exact) mass is 430 g/mol. The molecule has 0 amide bonds. The summed E-state index contributed by atoms with van der Waals surface area (Å²) in [5.74, 6) is 2.62. The number of hydrogen-bond acceptors (Lipinski definition) is 6. The van der Waals surface area contributed by atoms with E-state index in [2.05, 4.69) is 74.9 Å². The van der Waals surface area contributed by atoms with E-state index in [-0.39, 0.29) is 0 Å². The average molecular weight is 431 g/mol. The quantitative estimate of drug-likeness (QED) is 0.393. The van der Waals surface area contributed by atoms with Gasteiger partial charge in [-0.3, -0.25) is 0 Å². The molecule has 0 aliphatic rings. The van der Waals surface area contributed by atoms with E-state index >= 15 is 0 Å². The van der Waals surface area contributed by atoms with E-state index in [1.807, 2.05) is 22.9 Å². The first kappa shape index (κ1) is 21.8. The molecule has 2 aromatic carbocycles. The van der Waals surface area contributed by atoms with Crippen LogP contribution in [0.4, 0.5) is 0 Å². The summed E-state index contributed by atoms with van der Waals surface area (Å²) in [6, 6.07) is 16.6. The fourth-order valence-electron chi connectivity index (χ4n) is 4.02. The van der Waals surface area contributed by atoms with Gasteiger partial charge in [-0.25, -0.2) is 9.67 Å². The second-order valence-corrected chi connectivity index (χ2v) is 8.50. The van der Waals surface area contributed by atoms with Crippen molar-refractivity contribution in [1.29, 1.82) is 0 Å². The number of H-pyrrole nitrogens is 1. The molecule has 1 unspecified atom stereocenters. The van der Waals surface area contributed by atoms with E-state index in [1.54, 1.807) is 6.33 Å². The number of hydrogen-bond donors (Lipinski definition) is 2. The molecule has 2 aromatic heterocycles. The van der Waals surface area contributed by atoms with Gasteiger partial charge >= 0.3 is 0 Å². The Morgan fingerprint density at radius 2 is 1.75 bits per heavy atom. The first-order chi connectivity index (χ1) is 15.7. The maximum absolute atomic E-state index is 5.89. The Kier molecular flexibility index (Phi) is 7.01. The lowest BCUT2D eigenvalue weighted by molar-refractivity contribution is 0.452. The van der Waals surface area contributed by atoms with Gasteiger partial charge in [0, 0.05) is 11.5 Å². The van der Waals surface area contributed by atoms with Crippen molar-refractivity contribution >= 4 is 0 Å². The van der Waals surface area contributed by atoms with Crippen molar-refractivity contribution in [2.75, 3.05) is 6.54 Å². The van der Waals surface area contributed by atoms with Crippen LogP contribution < -0.4 is 5.73 Å². The first-order valence-electron chi connectivity index (χ1n) is 11.2. The molecular formula is C24H30N8. The SMILES string of the molecule is CC(C)CCC(CCN)c1ncnn1Cc1ccc(-c2ccccc2-c2nn[nH]n2)cc1. The van der Waals surface area contributed by atoms with Crippen LogP contribution in [0.3, 0.4) is 0 Å². The minimum Gasteiger partial charge on any atom is -0.330 e. The van der Waals surface area contributed by atoms with Crippen LogP contribution in [0.1, 0.15) is 50.4 Å². The molecule has 0 saturated carbocycles. The number of nitrogens with two attached hydrogens (primary N) is 1. The molecule has 0 aliphatic carbocycles. The molecule has 0 saturated heterocycles. The summed E-state index contributed by atoms with van der Waals surface area (Å²) in [6.45, 7) is 5.85. The van der Waals surface area contributed by atoms with Gasteiger partial charge in [0.15, 0.2) is 0 Å². The Hall–Kier alpha value is -3.39. The molecule has 0 bridgehead atoms. The summed E-state index contributed by atoms with van der Waals surface area (Å²) >= 11 is 0. The van der Waals surface area contributed by atoms with Crippen molar-refractivity contribution in [3.63, 3.8) is 0 Å². The maximum Gasteiger partial charge on any atom is 0.205 e.